The van der Waals surface area contributed by atoms with Gasteiger partial charge in [-0.3, -0.25) is 4.98 Å². The molecule has 1 aromatic carbocycles. The Morgan fingerprint density at radius 1 is 1.35 bits per heavy atom. The molecule has 20 heavy (non-hydrogen) atoms. The molecule has 0 bridgehead atoms. The Labute approximate surface area is 128 Å². The van der Waals surface area contributed by atoms with Crippen molar-refractivity contribution in [1.82, 2.24) is 4.98 Å². The van der Waals surface area contributed by atoms with Gasteiger partial charge in [0.25, 0.3) is 0 Å². The van der Waals surface area contributed by atoms with E-state index in [1.807, 2.05) is 12.1 Å². The molecule has 0 fully saturated rings. The van der Waals surface area contributed by atoms with Crippen LogP contribution in [-0.4, -0.2) is 18.6 Å². The Morgan fingerprint density at radius 2 is 2.05 bits per heavy atom. The number of nitrogens with one attached hydrogen (secondary N) is 1. The average molecular weight is 337 g/mol. The fourth-order valence-corrected chi connectivity index (χ4v) is 3.10. The van der Waals surface area contributed by atoms with Crippen LogP contribution in [0.4, 0.5) is 5.69 Å². The van der Waals surface area contributed by atoms with E-state index in [0.29, 0.717) is 5.92 Å². The van der Waals surface area contributed by atoms with Crippen molar-refractivity contribution in [3.05, 3.63) is 27.9 Å². The minimum Gasteiger partial charge on any atom is -0.496 e. The van der Waals surface area contributed by atoms with Gasteiger partial charge in [-0.05, 0) is 53.4 Å². The topological polar surface area (TPSA) is 34.2 Å². The van der Waals surface area contributed by atoms with Crippen molar-refractivity contribution >= 4 is 32.5 Å². The summed E-state index contributed by atoms with van der Waals surface area (Å²) in [6.07, 6.45) is 0. The Hall–Kier alpha value is -1.29. The summed E-state index contributed by atoms with van der Waals surface area (Å²) in [6.45, 7) is 9.44. The van der Waals surface area contributed by atoms with E-state index in [0.717, 1.165) is 39.1 Å². The third kappa shape index (κ3) is 2.49. The molecule has 4 heteroatoms. The Bertz CT molecular complexity index is 638. The van der Waals surface area contributed by atoms with Gasteiger partial charge in [0.1, 0.15) is 5.75 Å². The van der Waals surface area contributed by atoms with Crippen molar-refractivity contribution in [1.29, 1.82) is 0 Å². The van der Waals surface area contributed by atoms with Crippen LogP contribution < -0.4 is 10.1 Å². The molecule has 0 aliphatic carbocycles. The molecule has 0 spiro atoms. The molecule has 2 aromatic rings. The van der Waals surface area contributed by atoms with E-state index in [2.05, 4.69) is 48.9 Å². The van der Waals surface area contributed by atoms with Crippen LogP contribution in [0.1, 0.15) is 37.9 Å². The lowest BCUT2D eigenvalue weighted by molar-refractivity contribution is 0.419. The molecule has 2 rings (SSSR count). The van der Waals surface area contributed by atoms with Crippen LogP contribution in [-0.2, 0) is 0 Å². The van der Waals surface area contributed by atoms with Gasteiger partial charge in [-0.15, -0.1) is 0 Å². The number of hydrogen-bond donors (Lipinski definition) is 1. The SMILES string of the molecule is CCNc1c(C(C)C)c(C)nc2c(Br)ccc(OC)c12. The number of aromatic nitrogens is 1. The van der Waals surface area contributed by atoms with Gasteiger partial charge in [0.05, 0.1) is 23.7 Å². The van der Waals surface area contributed by atoms with E-state index < -0.39 is 0 Å². The number of ether oxygens (including phenoxy) is 1. The van der Waals surface area contributed by atoms with Crippen molar-refractivity contribution in [2.75, 3.05) is 19.0 Å². The lowest BCUT2D eigenvalue weighted by atomic mass is 9.96. The molecular formula is C16H21BrN2O. The average Bonchev–Trinajstić information content (AvgIpc) is 2.39. The summed E-state index contributed by atoms with van der Waals surface area (Å²) < 4.78 is 6.53. The third-order valence-corrected chi connectivity index (χ3v) is 4.07. The van der Waals surface area contributed by atoms with Gasteiger partial charge in [-0.1, -0.05) is 13.8 Å². The largest absolute Gasteiger partial charge is 0.496 e. The van der Waals surface area contributed by atoms with Gasteiger partial charge >= 0.3 is 0 Å². The smallest absolute Gasteiger partial charge is 0.130 e. The molecule has 0 radical (unpaired) electrons. The predicted octanol–water partition coefficient (Wildman–Crippen LogP) is 4.87. The molecule has 0 amide bonds. The summed E-state index contributed by atoms with van der Waals surface area (Å²) in [4.78, 5) is 4.78. The lowest BCUT2D eigenvalue weighted by Crippen LogP contribution is -2.07. The molecule has 0 atom stereocenters. The zero-order chi connectivity index (χ0) is 14.9. The van der Waals surface area contributed by atoms with Crippen molar-refractivity contribution in [3.63, 3.8) is 0 Å². The first-order valence-electron chi connectivity index (χ1n) is 6.91. The lowest BCUT2D eigenvalue weighted by Gasteiger charge is -2.20. The molecule has 1 heterocycles. The van der Waals surface area contributed by atoms with Gasteiger partial charge in [0, 0.05) is 16.7 Å². The molecular weight excluding hydrogens is 316 g/mol. The minimum atomic E-state index is 0.407. The number of nitrogens with zero attached hydrogens (tertiary/aromatic N) is 1. The second-order valence-electron chi connectivity index (χ2n) is 5.14. The number of anilines is 1. The summed E-state index contributed by atoms with van der Waals surface area (Å²) in [7, 11) is 1.70. The molecule has 3 nitrogen and oxygen atoms in total. The van der Waals surface area contributed by atoms with E-state index in [1.54, 1.807) is 7.11 Å². The Morgan fingerprint density at radius 3 is 2.60 bits per heavy atom. The van der Waals surface area contributed by atoms with E-state index in [1.165, 1.54) is 5.56 Å². The molecule has 0 saturated heterocycles. The van der Waals surface area contributed by atoms with E-state index in [9.17, 15) is 0 Å². The minimum absolute atomic E-state index is 0.407. The maximum atomic E-state index is 5.54. The summed E-state index contributed by atoms with van der Waals surface area (Å²) in [5.74, 6) is 1.26. The number of hydrogen-bond acceptors (Lipinski definition) is 3. The molecule has 0 aliphatic heterocycles. The molecule has 1 N–H and O–H groups in total. The normalized spacial score (nSPS) is 11.2. The first kappa shape index (κ1) is 15.1. The van der Waals surface area contributed by atoms with Crippen LogP contribution in [0.2, 0.25) is 0 Å². The van der Waals surface area contributed by atoms with E-state index in [-0.39, 0.29) is 0 Å². The molecule has 1 aromatic heterocycles. The van der Waals surface area contributed by atoms with E-state index in [4.69, 9.17) is 9.72 Å². The molecule has 0 unspecified atom stereocenters. The van der Waals surface area contributed by atoms with Gasteiger partial charge < -0.3 is 10.1 Å². The van der Waals surface area contributed by atoms with Gasteiger partial charge in [0.2, 0.25) is 0 Å². The number of rotatable bonds is 4. The number of pyridine rings is 1. The summed E-state index contributed by atoms with van der Waals surface area (Å²) >= 11 is 3.60. The van der Waals surface area contributed by atoms with Crippen LogP contribution >= 0.6 is 15.9 Å². The van der Waals surface area contributed by atoms with Crippen molar-refractivity contribution in [2.24, 2.45) is 0 Å². The third-order valence-electron chi connectivity index (χ3n) is 3.43. The van der Waals surface area contributed by atoms with Crippen molar-refractivity contribution in [2.45, 2.75) is 33.6 Å². The Kier molecular flexibility index (Phi) is 4.53. The Balaban J connectivity index is 2.95. The van der Waals surface area contributed by atoms with Crippen LogP contribution in [0.25, 0.3) is 10.9 Å². The number of benzene rings is 1. The number of methoxy groups -OCH3 is 1. The van der Waals surface area contributed by atoms with Gasteiger partial charge in [-0.2, -0.15) is 0 Å². The number of halogens is 1. The highest BCUT2D eigenvalue weighted by Gasteiger charge is 2.19. The molecule has 108 valence electrons. The molecule has 0 aliphatic rings. The second-order valence-corrected chi connectivity index (χ2v) is 6.00. The van der Waals surface area contributed by atoms with E-state index >= 15 is 0 Å². The van der Waals surface area contributed by atoms with Crippen LogP contribution in [0.15, 0.2) is 16.6 Å². The summed E-state index contributed by atoms with van der Waals surface area (Å²) in [5.41, 5.74) is 4.42. The highest BCUT2D eigenvalue weighted by Crippen LogP contribution is 2.40. The highest BCUT2D eigenvalue weighted by atomic mass is 79.9. The van der Waals surface area contributed by atoms with Crippen molar-refractivity contribution < 1.29 is 4.74 Å². The summed E-state index contributed by atoms with van der Waals surface area (Å²) in [5, 5.41) is 4.56. The summed E-state index contributed by atoms with van der Waals surface area (Å²) in [6, 6.07) is 3.97. The van der Waals surface area contributed by atoms with Crippen LogP contribution in [0.5, 0.6) is 5.75 Å². The van der Waals surface area contributed by atoms with Crippen LogP contribution in [0, 0.1) is 6.92 Å². The maximum absolute atomic E-state index is 5.54. The first-order chi connectivity index (χ1) is 9.51. The zero-order valence-electron chi connectivity index (χ0n) is 12.7. The maximum Gasteiger partial charge on any atom is 0.130 e. The quantitative estimate of drug-likeness (QED) is 0.864. The second kappa shape index (κ2) is 6.00. The zero-order valence-corrected chi connectivity index (χ0v) is 14.3. The fourth-order valence-electron chi connectivity index (χ4n) is 2.68. The number of aryl methyl sites for hydroxylation is 1. The fraction of sp³-hybridized carbons (Fsp3) is 0.438. The van der Waals surface area contributed by atoms with Crippen LogP contribution in [0.3, 0.4) is 0 Å². The highest BCUT2D eigenvalue weighted by molar-refractivity contribution is 9.10. The van der Waals surface area contributed by atoms with Crippen molar-refractivity contribution in [3.8, 4) is 5.75 Å². The monoisotopic (exact) mass is 336 g/mol. The first-order valence-corrected chi connectivity index (χ1v) is 7.71. The van der Waals surface area contributed by atoms with Gasteiger partial charge in [-0.25, -0.2) is 0 Å². The standard InChI is InChI=1S/C16H21BrN2O/c1-6-18-16-13(9(2)3)10(4)19-15-11(17)7-8-12(20-5)14(15)16/h7-9H,6H2,1-5H3,(H,18,19). The van der Waals surface area contributed by atoms with Gasteiger partial charge in [0.15, 0.2) is 0 Å². The predicted molar refractivity (Wildman–Crippen MR) is 89.0 cm³/mol. The molecule has 0 saturated carbocycles. The number of fused-ring (bicyclic) bond motifs is 1.